The van der Waals surface area contributed by atoms with Gasteiger partial charge in [0.15, 0.2) is 0 Å². The Bertz CT molecular complexity index is 570. The van der Waals surface area contributed by atoms with Crippen molar-refractivity contribution in [2.24, 2.45) is 0 Å². The Morgan fingerprint density at radius 2 is 1.83 bits per heavy atom. The van der Waals surface area contributed by atoms with Crippen LogP contribution in [0.15, 0.2) is 22.7 Å². The maximum Gasteiger partial charge on any atom is 0.407 e. The van der Waals surface area contributed by atoms with E-state index in [4.69, 9.17) is 9.47 Å². The first-order chi connectivity index (χ1) is 11.2. The molecule has 0 aliphatic rings. The summed E-state index contributed by atoms with van der Waals surface area (Å²) in [5.41, 5.74) is 0.518. The van der Waals surface area contributed by atoms with Gasteiger partial charge in [-0.3, -0.25) is 4.79 Å². The molecule has 0 spiro atoms. The summed E-state index contributed by atoms with van der Waals surface area (Å²) in [6.45, 7) is 6.09. The molecule has 0 saturated heterocycles. The van der Waals surface area contributed by atoms with Crippen LogP contribution >= 0.6 is 15.9 Å². The molecular formula is C17H25BrN2O4. The molecule has 1 aromatic rings. The van der Waals surface area contributed by atoms with E-state index >= 15 is 0 Å². The third kappa shape index (κ3) is 8.19. The predicted molar refractivity (Wildman–Crippen MR) is 96.3 cm³/mol. The molecule has 0 atom stereocenters. The van der Waals surface area contributed by atoms with Gasteiger partial charge in [0, 0.05) is 19.5 Å². The van der Waals surface area contributed by atoms with Gasteiger partial charge < -0.3 is 20.1 Å². The van der Waals surface area contributed by atoms with E-state index in [-0.39, 0.29) is 5.91 Å². The lowest BCUT2D eigenvalue weighted by molar-refractivity contribution is -0.121. The van der Waals surface area contributed by atoms with Crippen molar-refractivity contribution in [3.8, 4) is 5.75 Å². The average Bonchev–Trinajstić information content (AvgIpc) is 2.48. The second-order valence-electron chi connectivity index (χ2n) is 6.25. The number of carbonyl (C=O) groups is 2. The van der Waals surface area contributed by atoms with Crippen LogP contribution in [0.5, 0.6) is 5.75 Å². The maximum atomic E-state index is 11.8. The normalized spacial score (nSPS) is 10.9. The minimum absolute atomic E-state index is 0.0621. The van der Waals surface area contributed by atoms with Crippen LogP contribution in [0.2, 0.25) is 0 Å². The summed E-state index contributed by atoms with van der Waals surface area (Å²) in [6.07, 6.45) is 0.527. The molecule has 2 amide bonds. The van der Waals surface area contributed by atoms with E-state index in [0.29, 0.717) is 25.9 Å². The SMILES string of the molecule is COc1ccc(CCC(=O)NCCNC(=O)OC(C)(C)C)cc1Br. The number of aryl methyl sites for hydroxylation is 1. The molecule has 2 N–H and O–H groups in total. The number of hydrogen-bond donors (Lipinski definition) is 2. The fourth-order valence-corrected chi connectivity index (χ4v) is 2.48. The first-order valence-electron chi connectivity index (χ1n) is 7.77. The number of benzene rings is 1. The molecular weight excluding hydrogens is 376 g/mol. The number of hydrogen-bond acceptors (Lipinski definition) is 4. The van der Waals surface area contributed by atoms with Crippen molar-refractivity contribution in [1.29, 1.82) is 0 Å². The van der Waals surface area contributed by atoms with E-state index in [1.807, 2.05) is 18.2 Å². The summed E-state index contributed by atoms with van der Waals surface area (Å²) >= 11 is 3.42. The number of ether oxygens (including phenoxy) is 2. The third-order valence-corrected chi connectivity index (χ3v) is 3.59. The van der Waals surface area contributed by atoms with E-state index < -0.39 is 11.7 Å². The zero-order valence-corrected chi connectivity index (χ0v) is 16.2. The second kappa shape index (κ2) is 9.52. The Kier molecular flexibility index (Phi) is 8.04. The number of carbonyl (C=O) groups excluding carboxylic acids is 2. The molecule has 24 heavy (non-hydrogen) atoms. The van der Waals surface area contributed by atoms with Crippen molar-refractivity contribution < 1.29 is 19.1 Å². The van der Waals surface area contributed by atoms with Crippen molar-refractivity contribution in [1.82, 2.24) is 10.6 Å². The Balaban J connectivity index is 2.23. The molecule has 0 bridgehead atoms. The van der Waals surface area contributed by atoms with Crippen molar-refractivity contribution in [3.05, 3.63) is 28.2 Å². The second-order valence-corrected chi connectivity index (χ2v) is 7.10. The molecule has 0 saturated carbocycles. The van der Waals surface area contributed by atoms with Gasteiger partial charge in [-0.2, -0.15) is 0 Å². The highest BCUT2D eigenvalue weighted by Gasteiger charge is 2.15. The lowest BCUT2D eigenvalue weighted by Crippen LogP contribution is -2.37. The van der Waals surface area contributed by atoms with Gasteiger partial charge >= 0.3 is 6.09 Å². The van der Waals surface area contributed by atoms with E-state index in [1.165, 1.54) is 0 Å². The maximum absolute atomic E-state index is 11.8. The molecule has 0 heterocycles. The van der Waals surface area contributed by atoms with Gasteiger partial charge in [0.2, 0.25) is 5.91 Å². The Labute approximate surface area is 151 Å². The van der Waals surface area contributed by atoms with Crippen LogP contribution in [0.1, 0.15) is 32.8 Å². The van der Waals surface area contributed by atoms with Crippen LogP contribution < -0.4 is 15.4 Å². The lowest BCUT2D eigenvalue weighted by Gasteiger charge is -2.19. The van der Waals surface area contributed by atoms with Crippen molar-refractivity contribution in [2.45, 2.75) is 39.2 Å². The first-order valence-corrected chi connectivity index (χ1v) is 8.56. The van der Waals surface area contributed by atoms with Crippen LogP contribution in [0.4, 0.5) is 4.79 Å². The molecule has 0 unspecified atom stereocenters. The summed E-state index contributed by atoms with van der Waals surface area (Å²) < 4.78 is 11.1. The number of amides is 2. The quantitative estimate of drug-likeness (QED) is 0.689. The molecule has 134 valence electrons. The van der Waals surface area contributed by atoms with Gasteiger partial charge in [0.25, 0.3) is 0 Å². The van der Waals surface area contributed by atoms with Gasteiger partial charge in [-0.15, -0.1) is 0 Å². The van der Waals surface area contributed by atoms with Gasteiger partial charge in [-0.1, -0.05) is 6.07 Å². The lowest BCUT2D eigenvalue weighted by atomic mass is 10.1. The molecule has 0 aliphatic heterocycles. The number of halogens is 1. The van der Waals surface area contributed by atoms with Crippen LogP contribution in [-0.2, 0) is 16.0 Å². The van der Waals surface area contributed by atoms with Gasteiger partial charge in [-0.05, 0) is 60.8 Å². The summed E-state index contributed by atoms with van der Waals surface area (Å²) in [5.74, 6) is 0.698. The zero-order chi connectivity index (χ0) is 18.2. The van der Waals surface area contributed by atoms with Gasteiger partial charge in [0.1, 0.15) is 11.4 Å². The fourth-order valence-electron chi connectivity index (χ4n) is 1.89. The molecule has 0 aliphatic carbocycles. The van der Waals surface area contributed by atoms with Crippen LogP contribution in [-0.4, -0.2) is 37.8 Å². The number of alkyl carbamates (subject to hydrolysis) is 1. The number of nitrogens with one attached hydrogen (secondary N) is 2. The fraction of sp³-hybridized carbons (Fsp3) is 0.529. The van der Waals surface area contributed by atoms with Crippen molar-refractivity contribution in [3.63, 3.8) is 0 Å². The highest BCUT2D eigenvalue weighted by atomic mass is 79.9. The molecule has 0 fully saturated rings. The monoisotopic (exact) mass is 400 g/mol. The summed E-state index contributed by atoms with van der Waals surface area (Å²) in [7, 11) is 1.61. The molecule has 1 aromatic carbocycles. The molecule has 0 radical (unpaired) electrons. The smallest absolute Gasteiger partial charge is 0.407 e. The highest BCUT2D eigenvalue weighted by Crippen LogP contribution is 2.25. The summed E-state index contributed by atoms with van der Waals surface area (Å²) in [5, 5.41) is 5.36. The molecule has 0 aromatic heterocycles. The van der Waals surface area contributed by atoms with E-state index in [0.717, 1.165) is 15.8 Å². The summed E-state index contributed by atoms with van der Waals surface area (Å²) in [4.78, 5) is 23.2. The highest BCUT2D eigenvalue weighted by molar-refractivity contribution is 9.10. The van der Waals surface area contributed by atoms with E-state index in [1.54, 1.807) is 27.9 Å². The Morgan fingerprint density at radius 1 is 1.17 bits per heavy atom. The molecule has 6 nitrogen and oxygen atoms in total. The largest absolute Gasteiger partial charge is 0.496 e. The Morgan fingerprint density at radius 3 is 2.42 bits per heavy atom. The van der Waals surface area contributed by atoms with Crippen LogP contribution in [0.3, 0.4) is 0 Å². The summed E-state index contributed by atoms with van der Waals surface area (Å²) in [6, 6.07) is 5.74. The van der Waals surface area contributed by atoms with E-state index in [9.17, 15) is 9.59 Å². The first kappa shape index (κ1) is 20.3. The molecule has 7 heteroatoms. The number of rotatable bonds is 7. The topological polar surface area (TPSA) is 76.7 Å². The minimum atomic E-state index is -0.528. The predicted octanol–water partition coefficient (Wildman–Crippen LogP) is 3.03. The van der Waals surface area contributed by atoms with E-state index in [2.05, 4.69) is 26.6 Å². The zero-order valence-electron chi connectivity index (χ0n) is 14.6. The van der Waals surface area contributed by atoms with Crippen LogP contribution in [0.25, 0.3) is 0 Å². The average molecular weight is 401 g/mol. The standard InChI is InChI=1S/C17H25BrN2O4/c1-17(2,3)24-16(22)20-10-9-19-15(21)8-6-12-5-7-14(23-4)13(18)11-12/h5,7,11H,6,8-10H2,1-4H3,(H,19,21)(H,20,22). The van der Waals surface area contributed by atoms with Crippen molar-refractivity contribution in [2.75, 3.05) is 20.2 Å². The number of methoxy groups -OCH3 is 1. The third-order valence-electron chi connectivity index (χ3n) is 2.97. The van der Waals surface area contributed by atoms with Gasteiger partial charge in [-0.25, -0.2) is 4.79 Å². The minimum Gasteiger partial charge on any atom is -0.496 e. The van der Waals surface area contributed by atoms with Crippen molar-refractivity contribution >= 4 is 27.9 Å². The Hall–Kier alpha value is -1.76. The van der Waals surface area contributed by atoms with Crippen LogP contribution in [0, 0.1) is 0 Å². The van der Waals surface area contributed by atoms with Gasteiger partial charge in [0.05, 0.1) is 11.6 Å². The molecule has 1 rings (SSSR count).